The quantitative estimate of drug-likeness (QED) is 0.638. The van der Waals surface area contributed by atoms with Crippen LogP contribution in [0.2, 0.25) is 0 Å². The van der Waals surface area contributed by atoms with Crippen molar-refractivity contribution in [2.45, 2.75) is 51.9 Å². The number of hydrogen-bond acceptors (Lipinski definition) is 3. The van der Waals surface area contributed by atoms with E-state index in [9.17, 15) is 9.59 Å². The third-order valence-corrected chi connectivity index (χ3v) is 4.41. The van der Waals surface area contributed by atoms with E-state index in [1.807, 2.05) is 14.1 Å². The van der Waals surface area contributed by atoms with Gasteiger partial charge in [-0.25, -0.2) is 0 Å². The van der Waals surface area contributed by atoms with Gasteiger partial charge in [0, 0.05) is 31.5 Å². The molecular formula is C17H33N3O2. The average Bonchev–Trinajstić information content (AvgIpc) is 2.51. The lowest BCUT2D eigenvalue weighted by atomic mass is 9.81. The van der Waals surface area contributed by atoms with E-state index < -0.39 is 0 Å². The molecule has 0 atom stereocenters. The predicted octanol–water partition coefficient (Wildman–Crippen LogP) is 1.78. The van der Waals surface area contributed by atoms with Gasteiger partial charge in [-0.2, -0.15) is 0 Å². The van der Waals surface area contributed by atoms with Crippen molar-refractivity contribution in [1.29, 1.82) is 0 Å². The number of rotatable bonds is 9. The van der Waals surface area contributed by atoms with Gasteiger partial charge in [0.1, 0.15) is 0 Å². The fraction of sp³-hybridized carbons (Fsp3) is 0.882. The lowest BCUT2D eigenvalue weighted by Gasteiger charge is -2.27. The normalized spacial score (nSPS) is 21.6. The summed E-state index contributed by atoms with van der Waals surface area (Å²) in [4.78, 5) is 26.2. The van der Waals surface area contributed by atoms with E-state index >= 15 is 0 Å². The number of hydrogen-bond donors (Lipinski definition) is 2. The minimum Gasteiger partial charge on any atom is -0.356 e. The molecule has 1 saturated carbocycles. The Morgan fingerprint density at radius 3 is 1.86 bits per heavy atom. The highest BCUT2D eigenvalue weighted by molar-refractivity contribution is 5.81. The molecule has 1 aliphatic carbocycles. The highest BCUT2D eigenvalue weighted by Crippen LogP contribution is 2.29. The van der Waals surface area contributed by atoms with Gasteiger partial charge in [-0.1, -0.05) is 19.8 Å². The molecule has 0 bridgehead atoms. The fourth-order valence-electron chi connectivity index (χ4n) is 2.90. The molecule has 0 radical (unpaired) electrons. The SMILES string of the molecule is CCCCCNC(=O)C1CCC(C(=O)NCCN(C)C)CC1. The smallest absolute Gasteiger partial charge is 0.223 e. The maximum absolute atomic E-state index is 12.1. The van der Waals surface area contributed by atoms with E-state index in [-0.39, 0.29) is 23.7 Å². The molecule has 128 valence electrons. The summed E-state index contributed by atoms with van der Waals surface area (Å²) in [7, 11) is 3.99. The van der Waals surface area contributed by atoms with Crippen molar-refractivity contribution in [2.24, 2.45) is 11.8 Å². The molecule has 0 aliphatic heterocycles. The molecule has 0 aromatic carbocycles. The summed E-state index contributed by atoms with van der Waals surface area (Å²) in [6.45, 7) is 4.51. The van der Waals surface area contributed by atoms with Crippen LogP contribution in [0.3, 0.4) is 0 Å². The first kappa shape index (κ1) is 18.9. The molecule has 2 N–H and O–H groups in total. The fourth-order valence-corrected chi connectivity index (χ4v) is 2.90. The molecule has 1 fully saturated rings. The zero-order valence-electron chi connectivity index (χ0n) is 14.5. The molecule has 5 nitrogen and oxygen atoms in total. The van der Waals surface area contributed by atoms with Gasteiger partial charge in [0.15, 0.2) is 0 Å². The van der Waals surface area contributed by atoms with Crippen LogP contribution >= 0.6 is 0 Å². The van der Waals surface area contributed by atoms with Crippen molar-refractivity contribution in [3.05, 3.63) is 0 Å². The van der Waals surface area contributed by atoms with Crippen LogP contribution < -0.4 is 10.6 Å². The van der Waals surface area contributed by atoms with Crippen LogP contribution in [0.15, 0.2) is 0 Å². The van der Waals surface area contributed by atoms with Gasteiger partial charge < -0.3 is 15.5 Å². The Morgan fingerprint density at radius 2 is 1.41 bits per heavy atom. The van der Waals surface area contributed by atoms with Gasteiger partial charge in [0.05, 0.1) is 0 Å². The molecule has 2 amide bonds. The predicted molar refractivity (Wildman–Crippen MR) is 89.5 cm³/mol. The Balaban J connectivity index is 2.19. The Hall–Kier alpha value is -1.10. The maximum atomic E-state index is 12.1. The Labute approximate surface area is 135 Å². The maximum Gasteiger partial charge on any atom is 0.223 e. The second-order valence-corrected chi connectivity index (χ2v) is 6.64. The van der Waals surface area contributed by atoms with E-state index in [0.29, 0.717) is 6.54 Å². The van der Waals surface area contributed by atoms with Crippen LogP contribution in [0.1, 0.15) is 51.9 Å². The molecule has 22 heavy (non-hydrogen) atoms. The number of unbranched alkanes of at least 4 members (excludes halogenated alkanes) is 2. The highest BCUT2D eigenvalue weighted by atomic mass is 16.2. The number of amides is 2. The molecule has 0 saturated heterocycles. The Morgan fingerprint density at radius 1 is 0.909 bits per heavy atom. The van der Waals surface area contributed by atoms with E-state index in [4.69, 9.17) is 0 Å². The van der Waals surface area contributed by atoms with Crippen molar-refractivity contribution >= 4 is 11.8 Å². The second-order valence-electron chi connectivity index (χ2n) is 6.64. The summed E-state index contributed by atoms with van der Waals surface area (Å²) in [5.41, 5.74) is 0. The number of likely N-dealkylation sites (N-methyl/N-ethyl adjacent to an activating group) is 1. The molecule has 1 rings (SSSR count). The highest BCUT2D eigenvalue weighted by Gasteiger charge is 2.29. The van der Waals surface area contributed by atoms with Crippen molar-refractivity contribution in [3.63, 3.8) is 0 Å². The number of nitrogens with one attached hydrogen (secondary N) is 2. The van der Waals surface area contributed by atoms with Crippen LogP contribution in [0.5, 0.6) is 0 Å². The number of carbonyl (C=O) groups is 2. The average molecular weight is 311 g/mol. The summed E-state index contributed by atoms with van der Waals surface area (Å²) in [5.74, 6) is 0.532. The van der Waals surface area contributed by atoms with Crippen molar-refractivity contribution in [3.8, 4) is 0 Å². The van der Waals surface area contributed by atoms with Crippen LogP contribution in [0.4, 0.5) is 0 Å². The Bertz CT molecular complexity index is 337. The number of nitrogens with zero attached hydrogens (tertiary/aromatic N) is 1. The van der Waals surface area contributed by atoms with E-state index in [1.54, 1.807) is 0 Å². The standard InChI is InChI=1S/C17H33N3O2/c1-4-5-6-11-18-16(21)14-7-9-15(10-8-14)17(22)19-12-13-20(2)3/h14-15H,4-13H2,1-3H3,(H,18,21)(H,19,22). The molecular weight excluding hydrogens is 278 g/mol. The van der Waals surface area contributed by atoms with Gasteiger partial charge >= 0.3 is 0 Å². The summed E-state index contributed by atoms with van der Waals surface area (Å²) >= 11 is 0. The van der Waals surface area contributed by atoms with Gasteiger partial charge in [0.2, 0.25) is 11.8 Å². The minimum atomic E-state index is 0.0892. The summed E-state index contributed by atoms with van der Waals surface area (Å²) in [6, 6.07) is 0. The zero-order chi connectivity index (χ0) is 16.4. The zero-order valence-corrected chi connectivity index (χ0v) is 14.5. The lowest BCUT2D eigenvalue weighted by molar-refractivity contribution is -0.130. The third-order valence-electron chi connectivity index (χ3n) is 4.41. The first-order valence-corrected chi connectivity index (χ1v) is 8.74. The topological polar surface area (TPSA) is 61.4 Å². The summed E-state index contributed by atoms with van der Waals surface area (Å²) < 4.78 is 0. The molecule has 0 heterocycles. The first-order valence-electron chi connectivity index (χ1n) is 8.74. The molecule has 0 unspecified atom stereocenters. The first-order chi connectivity index (χ1) is 10.5. The minimum absolute atomic E-state index is 0.0892. The largest absolute Gasteiger partial charge is 0.356 e. The molecule has 0 aromatic heterocycles. The van der Waals surface area contributed by atoms with E-state index in [1.165, 1.54) is 12.8 Å². The van der Waals surface area contributed by atoms with Crippen LogP contribution in [0, 0.1) is 11.8 Å². The van der Waals surface area contributed by atoms with Gasteiger partial charge in [-0.3, -0.25) is 9.59 Å². The molecule has 0 aromatic rings. The van der Waals surface area contributed by atoms with Crippen LogP contribution in [-0.2, 0) is 9.59 Å². The van der Waals surface area contributed by atoms with Crippen LogP contribution in [0.25, 0.3) is 0 Å². The van der Waals surface area contributed by atoms with Gasteiger partial charge in [-0.05, 0) is 46.2 Å². The monoisotopic (exact) mass is 311 g/mol. The van der Waals surface area contributed by atoms with E-state index in [2.05, 4.69) is 22.5 Å². The second kappa shape index (κ2) is 10.6. The Kier molecular flexibility index (Phi) is 9.13. The van der Waals surface area contributed by atoms with Gasteiger partial charge in [0.25, 0.3) is 0 Å². The molecule has 5 heteroatoms. The number of carbonyl (C=O) groups excluding carboxylic acids is 2. The van der Waals surface area contributed by atoms with Crippen molar-refractivity contribution < 1.29 is 9.59 Å². The van der Waals surface area contributed by atoms with Crippen LogP contribution in [-0.4, -0.2) is 50.4 Å². The van der Waals surface area contributed by atoms with E-state index in [0.717, 1.165) is 45.2 Å². The summed E-state index contributed by atoms with van der Waals surface area (Å²) in [6.07, 6.45) is 6.74. The third kappa shape index (κ3) is 7.25. The molecule has 1 aliphatic rings. The van der Waals surface area contributed by atoms with Crippen molar-refractivity contribution in [2.75, 3.05) is 33.7 Å². The van der Waals surface area contributed by atoms with Crippen molar-refractivity contribution in [1.82, 2.24) is 15.5 Å². The lowest BCUT2D eigenvalue weighted by Crippen LogP contribution is -2.39. The molecule has 0 spiro atoms. The van der Waals surface area contributed by atoms with Gasteiger partial charge in [-0.15, -0.1) is 0 Å². The summed E-state index contributed by atoms with van der Waals surface area (Å²) in [5, 5.41) is 6.03.